The van der Waals surface area contributed by atoms with E-state index in [2.05, 4.69) is 9.80 Å². The molecule has 0 amide bonds. The molecule has 2 rings (SSSR count). The molecule has 0 aromatic rings. The molecule has 112 valence electrons. The quantitative estimate of drug-likeness (QED) is 0.597. The van der Waals surface area contributed by atoms with Gasteiger partial charge in [-0.2, -0.15) is 0 Å². The Morgan fingerprint density at radius 1 is 0.947 bits per heavy atom. The van der Waals surface area contributed by atoms with E-state index < -0.39 is 0 Å². The molecule has 0 unspecified atom stereocenters. The van der Waals surface area contributed by atoms with Crippen molar-refractivity contribution in [2.45, 2.75) is 39.4 Å². The fraction of sp³-hybridized carbons (Fsp3) is 1.00. The number of hydrogen-bond donors (Lipinski definition) is 0. The first kappa shape index (κ1) is 15.2. The lowest BCUT2D eigenvalue weighted by Gasteiger charge is -2.35. The molecule has 0 aromatic heterocycles. The highest BCUT2D eigenvalue weighted by Crippen LogP contribution is 2.29. The molecule has 0 atom stereocenters. The summed E-state index contributed by atoms with van der Waals surface area (Å²) in [5.41, 5.74) is 0. The van der Waals surface area contributed by atoms with Crippen LogP contribution in [-0.2, 0) is 9.47 Å². The SMILES string of the molecule is CCOC(CCN1CCN(CC2CC2)CC1)OCC. The number of nitrogens with zero attached hydrogens (tertiary/aromatic N) is 2. The molecule has 0 radical (unpaired) electrons. The average molecular weight is 270 g/mol. The summed E-state index contributed by atoms with van der Waals surface area (Å²) in [5, 5.41) is 0. The van der Waals surface area contributed by atoms with Gasteiger partial charge < -0.3 is 19.3 Å². The number of hydrogen-bond acceptors (Lipinski definition) is 4. The molecule has 1 saturated carbocycles. The molecule has 0 aromatic carbocycles. The highest BCUT2D eigenvalue weighted by Gasteiger charge is 2.26. The molecule has 2 fully saturated rings. The van der Waals surface area contributed by atoms with Crippen LogP contribution in [0.3, 0.4) is 0 Å². The van der Waals surface area contributed by atoms with Crippen LogP contribution in [0.25, 0.3) is 0 Å². The zero-order valence-corrected chi connectivity index (χ0v) is 12.6. The van der Waals surface area contributed by atoms with E-state index in [0.29, 0.717) is 0 Å². The van der Waals surface area contributed by atoms with E-state index in [9.17, 15) is 0 Å². The van der Waals surface area contributed by atoms with E-state index in [0.717, 1.165) is 32.1 Å². The Hall–Kier alpha value is -0.160. The molecule has 4 nitrogen and oxygen atoms in total. The second kappa shape index (κ2) is 8.20. The minimum atomic E-state index is -0.0144. The smallest absolute Gasteiger partial charge is 0.158 e. The summed E-state index contributed by atoms with van der Waals surface area (Å²) < 4.78 is 11.2. The normalized spacial score (nSPS) is 22.3. The summed E-state index contributed by atoms with van der Waals surface area (Å²) in [5.74, 6) is 1.02. The van der Waals surface area contributed by atoms with Crippen molar-refractivity contribution in [1.29, 1.82) is 0 Å². The zero-order valence-electron chi connectivity index (χ0n) is 12.6. The first-order valence-electron chi connectivity index (χ1n) is 7.99. The molecule has 0 N–H and O–H groups in total. The van der Waals surface area contributed by atoms with Crippen LogP contribution in [-0.4, -0.2) is 68.6 Å². The predicted molar refractivity (Wildman–Crippen MR) is 77.3 cm³/mol. The van der Waals surface area contributed by atoms with Crippen LogP contribution in [0.1, 0.15) is 33.1 Å². The number of ether oxygens (including phenoxy) is 2. The van der Waals surface area contributed by atoms with Gasteiger partial charge >= 0.3 is 0 Å². The second-order valence-electron chi connectivity index (χ2n) is 5.71. The molecular formula is C15H30N2O2. The van der Waals surface area contributed by atoms with Gasteiger partial charge in [0.05, 0.1) is 0 Å². The van der Waals surface area contributed by atoms with E-state index in [1.165, 1.54) is 45.6 Å². The Labute approximate surface area is 118 Å². The second-order valence-corrected chi connectivity index (χ2v) is 5.71. The van der Waals surface area contributed by atoms with Crippen LogP contribution in [0.15, 0.2) is 0 Å². The van der Waals surface area contributed by atoms with E-state index in [1.807, 2.05) is 13.8 Å². The summed E-state index contributed by atoms with van der Waals surface area (Å²) in [6.45, 7) is 12.9. The predicted octanol–water partition coefficient (Wildman–Crippen LogP) is 1.80. The van der Waals surface area contributed by atoms with Gasteiger partial charge in [-0.3, -0.25) is 0 Å². The Morgan fingerprint density at radius 3 is 2.05 bits per heavy atom. The van der Waals surface area contributed by atoms with Crippen LogP contribution < -0.4 is 0 Å². The molecule has 19 heavy (non-hydrogen) atoms. The first-order chi connectivity index (χ1) is 9.31. The summed E-state index contributed by atoms with van der Waals surface area (Å²) in [6, 6.07) is 0. The van der Waals surface area contributed by atoms with Gasteiger partial charge in [-0.05, 0) is 32.6 Å². The van der Waals surface area contributed by atoms with Crippen molar-refractivity contribution in [3.05, 3.63) is 0 Å². The lowest BCUT2D eigenvalue weighted by molar-refractivity contribution is -0.142. The topological polar surface area (TPSA) is 24.9 Å². The van der Waals surface area contributed by atoms with Gasteiger partial charge in [-0.1, -0.05) is 0 Å². The van der Waals surface area contributed by atoms with E-state index in [1.54, 1.807) is 0 Å². The third-order valence-electron chi connectivity index (χ3n) is 4.06. The molecule has 1 saturated heterocycles. The summed E-state index contributed by atoms with van der Waals surface area (Å²) in [7, 11) is 0. The maximum absolute atomic E-state index is 5.60. The number of piperazine rings is 1. The monoisotopic (exact) mass is 270 g/mol. The Morgan fingerprint density at radius 2 is 1.53 bits per heavy atom. The Balaban J connectivity index is 1.58. The van der Waals surface area contributed by atoms with Crippen LogP contribution in [0.2, 0.25) is 0 Å². The van der Waals surface area contributed by atoms with Crippen molar-refractivity contribution in [2.75, 3.05) is 52.5 Å². The van der Waals surface area contributed by atoms with Crippen molar-refractivity contribution in [3.63, 3.8) is 0 Å². The molecule has 4 heteroatoms. The number of rotatable bonds is 9. The van der Waals surface area contributed by atoms with Gasteiger partial charge in [-0.15, -0.1) is 0 Å². The van der Waals surface area contributed by atoms with Crippen molar-refractivity contribution in [3.8, 4) is 0 Å². The van der Waals surface area contributed by atoms with Gasteiger partial charge in [0.25, 0.3) is 0 Å². The first-order valence-corrected chi connectivity index (χ1v) is 7.99. The molecule has 1 aliphatic carbocycles. The molecule has 0 spiro atoms. The zero-order chi connectivity index (χ0) is 13.5. The summed E-state index contributed by atoms with van der Waals surface area (Å²) in [4.78, 5) is 5.19. The largest absolute Gasteiger partial charge is 0.353 e. The highest BCUT2D eigenvalue weighted by molar-refractivity contribution is 4.80. The van der Waals surface area contributed by atoms with Gasteiger partial charge in [0.2, 0.25) is 0 Å². The standard InChI is InChI=1S/C15H30N2O2/c1-3-18-15(19-4-2)7-8-16-9-11-17(12-10-16)13-14-5-6-14/h14-15H,3-13H2,1-2H3. The molecule has 1 heterocycles. The third kappa shape index (κ3) is 5.78. The van der Waals surface area contributed by atoms with E-state index in [4.69, 9.17) is 9.47 Å². The van der Waals surface area contributed by atoms with Crippen molar-refractivity contribution < 1.29 is 9.47 Å². The molecule has 0 bridgehead atoms. The van der Waals surface area contributed by atoms with Crippen molar-refractivity contribution in [2.24, 2.45) is 5.92 Å². The molecular weight excluding hydrogens is 240 g/mol. The Bertz CT molecular complexity index is 232. The van der Waals surface area contributed by atoms with Crippen molar-refractivity contribution >= 4 is 0 Å². The maximum atomic E-state index is 5.60. The average Bonchev–Trinajstić information content (AvgIpc) is 3.22. The van der Waals surface area contributed by atoms with Crippen molar-refractivity contribution in [1.82, 2.24) is 9.80 Å². The van der Waals surface area contributed by atoms with Crippen LogP contribution in [0.5, 0.6) is 0 Å². The Kier molecular flexibility index (Phi) is 6.57. The maximum Gasteiger partial charge on any atom is 0.158 e. The lowest BCUT2D eigenvalue weighted by Crippen LogP contribution is -2.47. The third-order valence-corrected chi connectivity index (χ3v) is 4.06. The minimum absolute atomic E-state index is 0.0144. The van der Waals surface area contributed by atoms with Gasteiger partial charge in [0.15, 0.2) is 6.29 Å². The fourth-order valence-corrected chi connectivity index (χ4v) is 2.74. The van der Waals surface area contributed by atoms with Gasteiger partial charge in [0, 0.05) is 58.9 Å². The lowest BCUT2D eigenvalue weighted by atomic mass is 10.2. The highest BCUT2D eigenvalue weighted by atomic mass is 16.7. The van der Waals surface area contributed by atoms with E-state index in [-0.39, 0.29) is 6.29 Å². The van der Waals surface area contributed by atoms with Crippen LogP contribution in [0.4, 0.5) is 0 Å². The van der Waals surface area contributed by atoms with Gasteiger partial charge in [0.1, 0.15) is 0 Å². The van der Waals surface area contributed by atoms with Crippen LogP contribution >= 0.6 is 0 Å². The summed E-state index contributed by atoms with van der Waals surface area (Å²) in [6.07, 6.45) is 3.90. The molecule has 1 aliphatic heterocycles. The van der Waals surface area contributed by atoms with Gasteiger partial charge in [-0.25, -0.2) is 0 Å². The van der Waals surface area contributed by atoms with Crippen LogP contribution in [0, 0.1) is 5.92 Å². The fourth-order valence-electron chi connectivity index (χ4n) is 2.74. The minimum Gasteiger partial charge on any atom is -0.353 e. The van der Waals surface area contributed by atoms with E-state index >= 15 is 0 Å². The summed E-state index contributed by atoms with van der Waals surface area (Å²) >= 11 is 0. The molecule has 2 aliphatic rings.